The maximum atomic E-state index is 9.40. The molecule has 2 heterocycles. The molecular formula is C17H12BrN4+. The van der Waals surface area contributed by atoms with Crippen LogP contribution in [0.2, 0.25) is 0 Å². The Labute approximate surface area is 136 Å². The van der Waals surface area contributed by atoms with E-state index >= 15 is 0 Å². The fraction of sp³-hybridized carbons (Fsp3) is 0. The predicted molar refractivity (Wildman–Crippen MR) is 88.5 cm³/mol. The number of benzene rings is 1. The first-order valence-electron chi connectivity index (χ1n) is 6.62. The van der Waals surface area contributed by atoms with Crippen LogP contribution in [0.4, 0.5) is 5.82 Å². The lowest BCUT2D eigenvalue weighted by atomic mass is 9.99. The number of nitriles is 1. The quantitative estimate of drug-likeness (QED) is 0.767. The molecule has 0 unspecified atom stereocenters. The van der Waals surface area contributed by atoms with E-state index in [1.54, 1.807) is 0 Å². The average molecular weight is 352 g/mol. The van der Waals surface area contributed by atoms with Crippen LogP contribution < -0.4 is 10.7 Å². The van der Waals surface area contributed by atoms with Gasteiger partial charge < -0.3 is 5.73 Å². The van der Waals surface area contributed by atoms with E-state index in [2.05, 4.69) is 32.0 Å². The number of nitrogens with one attached hydrogen (secondary N) is 1. The van der Waals surface area contributed by atoms with Gasteiger partial charge in [0.25, 0.3) is 0 Å². The third kappa shape index (κ3) is 2.69. The molecule has 0 radical (unpaired) electrons. The number of anilines is 1. The summed E-state index contributed by atoms with van der Waals surface area (Å²) in [5.41, 5.74) is 9.71. The van der Waals surface area contributed by atoms with Gasteiger partial charge in [0.15, 0.2) is 12.4 Å². The van der Waals surface area contributed by atoms with E-state index < -0.39 is 0 Å². The van der Waals surface area contributed by atoms with E-state index in [1.807, 2.05) is 54.9 Å². The predicted octanol–water partition coefficient (Wildman–Crippen LogP) is 3.45. The lowest BCUT2D eigenvalue weighted by molar-refractivity contribution is -0.377. The molecule has 3 aromatic rings. The lowest BCUT2D eigenvalue weighted by Crippen LogP contribution is -2.02. The first kappa shape index (κ1) is 14.2. The van der Waals surface area contributed by atoms with Gasteiger partial charge in [0, 0.05) is 16.1 Å². The van der Waals surface area contributed by atoms with Crippen LogP contribution in [-0.4, -0.2) is 4.98 Å². The maximum Gasteiger partial charge on any atom is 0.176 e. The van der Waals surface area contributed by atoms with Gasteiger partial charge in [-0.25, -0.2) is 9.97 Å². The minimum absolute atomic E-state index is 0.235. The fourth-order valence-electron chi connectivity index (χ4n) is 2.27. The summed E-state index contributed by atoms with van der Waals surface area (Å²) in [6.45, 7) is 0. The SMILES string of the molecule is N#Cc1c(-c2cccc(Br)c2)cc(-c2ccc[nH+]c2)nc1N. The maximum absolute atomic E-state index is 9.40. The fourth-order valence-corrected chi connectivity index (χ4v) is 2.67. The Morgan fingerprint density at radius 3 is 2.64 bits per heavy atom. The van der Waals surface area contributed by atoms with Gasteiger partial charge >= 0.3 is 0 Å². The highest BCUT2D eigenvalue weighted by Crippen LogP contribution is 2.31. The molecule has 0 saturated carbocycles. The zero-order chi connectivity index (χ0) is 15.5. The molecule has 0 aliphatic heterocycles. The second-order valence-electron chi connectivity index (χ2n) is 4.73. The topological polar surface area (TPSA) is 76.8 Å². The normalized spacial score (nSPS) is 10.2. The summed E-state index contributed by atoms with van der Waals surface area (Å²) < 4.78 is 0.943. The smallest absolute Gasteiger partial charge is 0.176 e. The van der Waals surface area contributed by atoms with Gasteiger partial charge in [-0.2, -0.15) is 5.26 Å². The van der Waals surface area contributed by atoms with Crippen molar-refractivity contribution < 1.29 is 4.98 Å². The first-order chi connectivity index (χ1) is 10.7. The van der Waals surface area contributed by atoms with Crippen molar-refractivity contribution in [1.82, 2.24) is 4.98 Å². The lowest BCUT2D eigenvalue weighted by Gasteiger charge is -2.09. The number of hydrogen-bond donors (Lipinski definition) is 1. The average Bonchev–Trinajstić information content (AvgIpc) is 2.55. The summed E-state index contributed by atoms with van der Waals surface area (Å²) in [5.74, 6) is 0.235. The standard InChI is InChI=1S/C17H11BrN4/c18-13-5-1-3-11(7-13)14-8-16(12-4-2-6-21-10-12)22-17(20)15(14)9-19/h1-8,10H,(H2,20,22)/p+1. The van der Waals surface area contributed by atoms with Crippen LogP contribution >= 0.6 is 15.9 Å². The van der Waals surface area contributed by atoms with Crippen molar-refractivity contribution in [3.63, 3.8) is 0 Å². The molecule has 2 aromatic heterocycles. The largest absolute Gasteiger partial charge is 0.383 e. The second-order valence-corrected chi connectivity index (χ2v) is 5.65. The number of halogens is 1. The molecular weight excluding hydrogens is 340 g/mol. The Hall–Kier alpha value is -2.71. The molecule has 0 atom stereocenters. The Kier molecular flexibility index (Phi) is 3.86. The van der Waals surface area contributed by atoms with E-state index in [0.717, 1.165) is 26.9 Å². The third-order valence-corrected chi connectivity index (χ3v) is 3.79. The summed E-state index contributed by atoms with van der Waals surface area (Å²) >= 11 is 3.45. The zero-order valence-corrected chi connectivity index (χ0v) is 13.1. The van der Waals surface area contributed by atoms with Crippen LogP contribution in [0, 0.1) is 11.3 Å². The van der Waals surface area contributed by atoms with E-state index in [4.69, 9.17) is 5.73 Å². The molecule has 0 spiro atoms. The number of H-pyrrole nitrogens is 1. The number of aromatic nitrogens is 2. The summed E-state index contributed by atoms with van der Waals surface area (Å²) in [7, 11) is 0. The van der Waals surface area contributed by atoms with Gasteiger partial charge in [-0.15, -0.1) is 0 Å². The summed E-state index contributed by atoms with van der Waals surface area (Å²) in [4.78, 5) is 7.37. The van der Waals surface area contributed by atoms with Gasteiger partial charge in [-0.1, -0.05) is 28.1 Å². The molecule has 0 amide bonds. The Bertz CT molecular complexity index is 870. The van der Waals surface area contributed by atoms with E-state index in [-0.39, 0.29) is 5.82 Å². The Balaban J connectivity index is 2.25. The van der Waals surface area contributed by atoms with E-state index in [0.29, 0.717) is 5.56 Å². The zero-order valence-electron chi connectivity index (χ0n) is 11.5. The molecule has 3 N–H and O–H groups in total. The summed E-state index contributed by atoms with van der Waals surface area (Å²) in [6.07, 6.45) is 3.67. The second kappa shape index (κ2) is 5.96. The van der Waals surface area contributed by atoms with Gasteiger partial charge in [0.2, 0.25) is 0 Å². The van der Waals surface area contributed by atoms with Crippen LogP contribution in [0.1, 0.15) is 5.56 Å². The number of aromatic amines is 1. The van der Waals surface area contributed by atoms with Crippen molar-refractivity contribution in [2.75, 3.05) is 5.73 Å². The van der Waals surface area contributed by atoms with E-state index in [1.165, 1.54) is 0 Å². The highest BCUT2D eigenvalue weighted by atomic mass is 79.9. The molecule has 0 aliphatic rings. The minimum Gasteiger partial charge on any atom is -0.383 e. The van der Waals surface area contributed by atoms with Crippen molar-refractivity contribution >= 4 is 21.7 Å². The summed E-state index contributed by atoms with van der Waals surface area (Å²) in [5, 5.41) is 9.40. The molecule has 0 bridgehead atoms. The Morgan fingerprint density at radius 1 is 1.14 bits per heavy atom. The molecule has 4 nitrogen and oxygen atoms in total. The van der Waals surface area contributed by atoms with Crippen LogP contribution in [0.25, 0.3) is 22.4 Å². The van der Waals surface area contributed by atoms with Crippen LogP contribution in [0.15, 0.2) is 59.3 Å². The summed E-state index contributed by atoms with van der Waals surface area (Å²) in [6, 6.07) is 15.6. The van der Waals surface area contributed by atoms with Crippen molar-refractivity contribution in [1.29, 1.82) is 5.26 Å². The van der Waals surface area contributed by atoms with Crippen molar-refractivity contribution in [3.05, 3.63) is 64.9 Å². The minimum atomic E-state index is 0.235. The van der Waals surface area contributed by atoms with Crippen LogP contribution in [0.5, 0.6) is 0 Å². The van der Waals surface area contributed by atoms with Crippen molar-refractivity contribution in [2.24, 2.45) is 0 Å². The molecule has 0 aliphatic carbocycles. The van der Waals surface area contributed by atoms with Crippen LogP contribution in [0.3, 0.4) is 0 Å². The molecule has 5 heteroatoms. The number of nitrogens with zero attached hydrogens (tertiary/aromatic N) is 2. The first-order valence-corrected chi connectivity index (χ1v) is 7.41. The Morgan fingerprint density at radius 2 is 1.95 bits per heavy atom. The highest BCUT2D eigenvalue weighted by Gasteiger charge is 2.14. The molecule has 0 fully saturated rings. The van der Waals surface area contributed by atoms with E-state index in [9.17, 15) is 5.26 Å². The molecule has 3 rings (SSSR count). The van der Waals surface area contributed by atoms with Crippen molar-refractivity contribution in [2.45, 2.75) is 0 Å². The number of hydrogen-bond acceptors (Lipinski definition) is 3. The number of nitrogen functional groups attached to an aromatic ring is 1. The molecule has 22 heavy (non-hydrogen) atoms. The van der Waals surface area contributed by atoms with Gasteiger partial charge in [0.05, 0.1) is 11.3 Å². The molecule has 0 saturated heterocycles. The monoisotopic (exact) mass is 351 g/mol. The number of nitrogens with two attached hydrogens (primary N) is 1. The van der Waals surface area contributed by atoms with Crippen molar-refractivity contribution in [3.8, 4) is 28.5 Å². The number of pyridine rings is 2. The number of rotatable bonds is 2. The molecule has 1 aromatic carbocycles. The molecule has 106 valence electrons. The highest BCUT2D eigenvalue weighted by molar-refractivity contribution is 9.10. The van der Waals surface area contributed by atoms with Crippen LogP contribution in [-0.2, 0) is 0 Å². The third-order valence-electron chi connectivity index (χ3n) is 3.30. The van der Waals surface area contributed by atoms with Gasteiger partial charge in [-0.3, -0.25) is 0 Å². The van der Waals surface area contributed by atoms with Gasteiger partial charge in [-0.05, 0) is 29.8 Å². The van der Waals surface area contributed by atoms with Gasteiger partial charge in [0.1, 0.15) is 17.5 Å².